The van der Waals surface area contributed by atoms with Crippen LogP contribution in [-0.4, -0.2) is 83.6 Å². The van der Waals surface area contributed by atoms with E-state index in [1.807, 2.05) is 27.7 Å². The van der Waals surface area contributed by atoms with Crippen molar-refractivity contribution in [3.05, 3.63) is 30.1 Å². The number of carbonyl (C=O) groups is 3. The lowest BCUT2D eigenvalue weighted by Crippen LogP contribution is -2.58. The number of aromatic nitrogens is 1. The van der Waals surface area contributed by atoms with Gasteiger partial charge < -0.3 is 35.8 Å². The van der Waals surface area contributed by atoms with Crippen LogP contribution in [-0.2, 0) is 25.5 Å². The molecule has 32 heavy (non-hydrogen) atoms. The Morgan fingerprint density at radius 1 is 1.09 bits per heavy atom. The second kappa shape index (κ2) is 14.3. The molecule has 1 aromatic heterocycles. The molecule has 0 spiro atoms. The van der Waals surface area contributed by atoms with E-state index in [0.717, 1.165) is 5.56 Å². The van der Waals surface area contributed by atoms with Gasteiger partial charge >= 0.3 is 6.09 Å². The van der Waals surface area contributed by atoms with Crippen molar-refractivity contribution in [1.29, 1.82) is 0 Å². The molecule has 2 atom stereocenters. The van der Waals surface area contributed by atoms with Gasteiger partial charge in [-0.15, -0.1) is 0 Å². The van der Waals surface area contributed by atoms with Gasteiger partial charge in [0, 0.05) is 44.6 Å². The monoisotopic (exact) mass is 453 g/mol. The number of hydrogen-bond donors (Lipinski definition) is 4. The minimum absolute atomic E-state index is 0.175. The van der Waals surface area contributed by atoms with E-state index in [-0.39, 0.29) is 31.5 Å². The average Bonchev–Trinajstić information content (AvgIpc) is 2.75. The van der Waals surface area contributed by atoms with Crippen LogP contribution in [0, 0.1) is 0 Å². The molecule has 180 valence electrons. The third kappa shape index (κ3) is 9.16. The molecule has 11 heteroatoms. The van der Waals surface area contributed by atoms with Crippen molar-refractivity contribution in [2.24, 2.45) is 5.73 Å². The summed E-state index contributed by atoms with van der Waals surface area (Å²) < 4.78 is 11.2. The molecule has 1 aromatic rings. The molecule has 11 nitrogen and oxygen atoms in total. The highest BCUT2D eigenvalue weighted by Crippen LogP contribution is 2.11. The number of rotatable bonds is 14. The van der Waals surface area contributed by atoms with Gasteiger partial charge in [-0.2, -0.15) is 0 Å². The van der Waals surface area contributed by atoms with Gasteiger partial charge in [-0.1, -0.05) is 0 Å². The van der Waals surface area contributed by atoms with Crippen LogP contribution in [0.5, 0.6) is 0 Å². The maximum absolute atomic E-state index is 13.5. The molecule has 3 amide bonds. The predicted molar refractivity (Wildman–Crippen MR) is 118 cm³/mol. The molecule has 2 unspecified atom stereocenters. The molecular formula is C21H35N5O6. The van der Waals surface area contributed by atoms with E-state index in [9.17, 15) is 14.4 Å². The van der Waals surface area contributed by atoms with E-state index in [1.54, 1.807) is 29.4 Å². The number of nitrogens with two attached hydrogens (primary N) is 1. The first-order valence-electron chi connectivity index (χ1n) is 10.7. The minimum Gasteiger partial charge on any atom is -0.465 e. The number of pyridine rings is 1. The van der Waals surface area contributed by atoms with Crippen LogP contribution < -0.4 is 16.4 Å². The van der Waals surface area contributed by atoms with Gasteiger partial charge in [0.25, 0.3) is 0 Å². The van der Waals surface area contributed by atoms with Crippen molar-refractivity contribution in [3.8, 4) is 0 Å². The van der Waals surface area contributed by atoms with E-state index < -0.39 is 30.4 Å². The van der Waals surface area contributed by atoms with Gasteiger partial charge in [-0.25, -0.2) is 4.79 Å². The zero-order valence-electron chi connectivity index (χ0n) is 19.1. The Morgan fingerprint density at radius 3 is 2.16 bits per heavy atom. The summed E-state index contributed by atoms with van der Waals surface area (Å²) in [5.41, 5.74) is 6.33. The lowest BCUT2D eigenvalue weighted by Gasteiger charge is -2.34. The third-order valence-electron chi connectivity index (χ3n) is 4.61. The summed E-state index contributed by atoms with van der Waals surface area (Å²) in [6, 6.07) is 1.13. The first-order valence-corrected chi connectivity index (χ1v) is 10.7. The fraction of sp³-hybridized carbons (Fsp3) is 0.619. The van der Waals surface area contributed by atoms with Crippen molar-refractivity contribution in [3.63, 3.8) is 0 Å². The maximum Gasteiger partial charge on any atom is 0.405 e. The van der Waals surface area contributed by atoms with Gasteiger partial charge in [-0.3, -0.25) is 14.6 Å². The number of hydrogen-bond acceptors (Lipinski definition) is 7. The van der Waals surface area contributed by atoms with Crippen LogP contribution in [0.1, 0.15) is 33.3 Å². The van der Waals surface area contributed by atoms with Crippen molar-refractivity contribution < 1.29 is 29.0 Å². The van der Waals surface area contributed by atoms with Crippen LogP contribution in [0.25, 0.3) is 0 Å². The Morgan fingerprint density at radius 2 is 1.69 bits per heavy atom. The molecule has 0 aliphatic heterocycles. The summed E-state index contributed by atoms with van der Waals surface area (Å²) in [7, 11) is 0. The Bertz CT molecular complexity index is 712. The summed E-state index contributed by atoms with van der Waals surface area (Å²) in [5, 5.41) is 13.7. The fourth-order valence-electron chi connectivity index (χ4n) is 3.05. The standard InChI is InChI=1S/C21H35N5O6/c1-5-31-18(32-6-2)13-26(14(3)4)20(28)16(11-15-7-9-23-10-8-15)24-19(27)17(12-22)25-21(29)30/h7-10,14,16-18,25H,5-6,11-13,22H2,1-4H3,(H,24,27)(H,29,30). The van der Waals surface area contributed by atoms with E-state index >= 15 is 0 Å². The van der Waals surface area contributed by atoms with Crippen LogP contribution >= 0.6 is 0 Å². The predicted octanol–water partition coefficient (Wildman–Crippen LogP) is 0.340. The number of carbonyl (C=O) groups excluding carboxylic acids is 2. The molecule has 5 N–H and O–H groups in total. The topological polar surface area (TPSA) is 156 Å². The van der Waals surface area contributed by atoms with Gasteiger partial charge in [0.05, 0.1) is 6.54 Å². The number of ether oxygens (including phenoxy) is 2. The molecule has 0 fully saturated rings. The second-order valence-corrected chi connectivity index (χ2v) is 7.28. The number of nitrogens with zero attached hydrogens (tertiary/aromatic N) is 2. The van der Waals surface area contributed by atoms with E-state index in [1.165, 1.54) is 0 Å². The normalized spacial score (nSPS) is 13.0. The Balaban J connectivity index is 3.14. The largest absolute Gasteiger partial charge is 0.465 e. The Hall–Kier alpha value is -2.76. The summed E-state index contributed by atoms with van der Waals surface area (Å²) in [5.74, 6) is -1.03. The molecule has 0 bridgehead atoms. The number of carboxylic acid groups (broad SMARTS) is 1. The lowest BCUT2D eigenvalue weighted by molar-refractivity contribution is -0.163. The molecule has 0 saturated heterocycles. The molecule has 1 rings (SSSR count). The summed E-state index contributed by atoms with van der Waals surface area (Å²) >= 11 is 0. The zero-order valence-corrected chi connectivity index (χ0v) is 19.1. The molecule has 0 aliphatic rings. The number of nitrogens with one attached hydrogen (secondary N) is 2. The van der Waals surface area contributed by atoms with Crippen molar-refractivity contribution >= 4 is 17.9 Å². The second-order valence-electron chi connectivity index (χ2n) is 7.28. The van der Waals surface area contributed by atoms with Crippen LogP contribution in [0.4, 0.5) is 4.79 Å². The van der Waals surface area contributed by atoms with Crippen LogP contribution in [0.2, 0.25) is 0 Å². The Labute approximate surface area is 188 Å². The molecule has 0 aromatic carbocycles. The third-order valence-corrected chi connectivity index (χ3v) is 4.61. The summed E-state index contributed by atoms with van der Waals surface area (Å²) in [6.45, 7) is 8.14. The Kier molecular flexibility index (Phi) is 12.2. The number of amides is 3. The maximum atomic E-state index is 13.5. The van der Waals surface area contributed by atoms with Crippen molar-refractivity contribution in [2.75, 3.05) is 26.3 Å². The van der Waals surface area contributed by atoms with E-state index in [0.29, 0.717) is 13.2 Å². The molecule has 0 aliphatic carbocycles. The highest BCUT2D eigenvalue weighted by molar-refractivity contribution is 5.91. The van der Waals surface area contributed by atoms with Crippen molar-refractivity contribution in [2.45, 2.75) is 58.5 Å². The van der Waals surface area contributed by atoms with Gasteiger partial charge in [0.15, 0.2) is 6.29 Å². The van der Waals surface area contributed by atoms with Gasteiger partial charge in [0.1, 0.15) is 12.1 Å². The van der Waals surface area contributed by atoms with Crippen molar-refractivity contribution in [1.82, 2.24) is 20.5 Å². The first-order chi connectivity index (χ1) is 15.2. The summed E-state index contributed by atoms with van der Waals surface area (Å²) in [4.78, 5) is 42.7. The molecule has 1 heterocycles. The molecule has 0 saturated carbocycles. The SMILES string of the molecule is CCOC(CN(C(=O)C(Cc1ccncc1)NC(=O)C(CN)NC(=O)O)C(C)C)OCC. The molecular weight excluding hydrogens is 418 g/mol. The first kappa shape index (κ1) is 27.3. The molecule has 0 radical (unpaired) electrons. The smallest absolute Gasteiger partial charge is 0.405 e. The fourth-order valence-corrected chi connectivity index (χ4v) is 3.05. The highest BCUT2D eigenvalue weighted by Gasteiger charge is 2.32. The average molecular weight is 454 g/mol. The highest BCUT2D eigenvalue weighted by atomic mass is 16.7. The zero-order chi connectivity index (χ0) is 24.1. The van der Waals surface area contributed by atoms with Gasteiger partial charge in [-0.05, 0) is 45.4 Å². The van der Waals surface area contributed by atoms with E-state index in [4.69, 9.17) is 20.3 Å². The summed E-state index contributed by atoms with van der Waals surface area (Å²) in [6.07, 6.45) is 1.38. The van der Waals surface area contributed by atoms with Crippen LogP contribution in [0.3, 0.4) is 0 Å². The van der Waals surface area contributed by atoms with E-state index in [2.05, 4.69) is 15.6 Å². The lowest BCUT2D eigenvalue weighted by atomic mass is 10.0. The van der Waals surface area contributed by atoms with Crippen LogP contribution in [0.15, 0.2) is 24.5 Å². The quantitative estimate of drug-likeness (QED) is 0.294. The van der Waals surface area contributed by atoms with Gasteiger partial charge in [0.2, 0.25) is 11.8 Å². The minimum atomic E-state index is -1.38.